The van der Waals surface area contributed by atoms with E-state index in [2.05, 4.69) is 23.3 Å². The zero-order valence-corrected chi connectivity index (χ0v) is 12.2. The van der Waals surface area contributed by atoms with Gasteiger partial charge in [-0.1, -0.05) is 25.8 Å². The van der Waals surface area contributed by atoms with Crippen molar-refractivity contribution in [1.82, 2.24) is 10.3 Å². The van der Waals surface area contributed by atoms with Crippen LogP contribution in [0.1, 0.15) is 44.6 Å². The first kappa shape index (κ1) is 14.3. The van der Waals surface area contributed by atoms with Crippen molar-refractivity contribution in [2.45, 2.75) is 51.5 Å². The molecule has 2 rings (SSSR count). The first-order valence-corrected chi connectivity index (χ1v) is 7.55. The normalized spacial score (nSPS) is 17.6. The van der Waals surface area contributed by atoms with Crippen molar-refractivity contribution in [3.63, 3.8) is 0 Å². The molecule has 1 unspecified atom stereocenters. The lowest BCUT2D eigenvalue weighted by molar-refractivity contribution is 0.355. The standard InChI is InChI=1S/C16H26N2O/c1-3-10-17-15(14-6-4-5-7-14)11-13-8-9-16(19-2)18-12-13/h8-9,12,14-15,17H,3-7,10-11H2,1-2H3. The number of rotatable bonds is 7. The van der Waals surface area contributed by atoms with Crippen LogP contribution in [0.4, 0.5) is 0 Å². The average molecular weight is 262 g/mol. The molecule has 0 spiro atoms. The van der Waals surface area contributed by atoms with Crippen LogP contribution in [0.15, 0.2) is 18.3 Å². The fourth-order valence-corrected chi connectivity index (χ4v) is 3.00. The Labute approximate surface area is 116 Å². The molecule has 1 saturated carbocycles. The van der Waals surface area contributed by atoms with Gasteiger partial charge in [0.2, 0.25) is 5.88 Å². The highest BCUT2D eigenvalue weighted by molar-refractivity contribution is 5.18. The molecule has 1 fully saturated rings. The van der Waals surface area contributed by atoms with Gasteiger partial charge < -0.3 is 10.1 Å². The van der Waals surface area contributed by atoms with Crippen molar-refractivity contribution in [2.24, 2.45) is 5.92 Å². The van der Waals surface area contributed by atoms with Crippen LogP contribution >= 0.6 is 0 Å². The van der Waals surface area contributed by atoms with Crippen molar-refractivity contribution in [2.75, 3.05) is 13.7 Å². The van der Waals surface area contributed by atoms with Gasteiger partial charge in [0.25, 0.3) is 0 Å². The first-order chi connectivity index (χ1) is 9.33. The Morgan fingerprint density at radius 3 is 2.74 bits per heavy atom. The van der Waals surface area contributed by atoms with Gasteiger partial charge in [-0.25, -0.2) is 4.98 Å². The van der Waals surface area contributed by atoms with Crippen molar-refractivity contribution >= 4 is 0 Å². The van der Waals surface area contributed by atoms with Gasteiger partial charge in [-0.15, -0.1) is 0 Å². The molecule has 1 N–H and O–H groups in total. The Balaban J connectivity index is 1.96. The predicted octanol–water partition coefficient (Wildman–Crippen LogP) is 3.19. The third-order valence-electron chi connectivity index (χ3n) is 4.09. The van der Waals surface area contributed by atoms with E-state index in [1.807, 2.05) is 12.3 Å². The summed E-state index contributed by atoms with van der Waals surface area (Å²) in [4.78, 5) is 4.31. The van der Waals surface area contributed by atoms with Gasteiger partial charge in [0.15, 0.2) is 0 Å². The molecule has 3 nitrogen and oxygen atoms in total. The SMILES string of the molecule is CCCNC(Cc1ccc(OC)nc1)C1CCCC1. The lowest BCUT2D eigenvalue weighted by atomic mass is 9.92. The minimum absolute atomic E-state index is 0.609. The maximum Gasteiger partial charge on any atom is 0.212 e. The minimum atomic E-state index is 0.609. The number of hydrogen-bond acceptors (Lipinski definition) is 3. The topological polar surface area (TPSA) is 34.1 Å². The third-order valence-corrected chi connectivity index (χ3v) is 4.09. The zero-order chi connectivity index (χ0) is 13.5. The molecule has 1 atom stereocenters. The summed E-state index contributed by atoms with van der Waals surface area (Å²) in [6.07, 6.45) is 9.79. The Hall–Kier alpha value is -1.09. The molecule has 1 heterocycles. The van der Waals surface area contributed by atoms with Crippen LogP contribution in [-0.2, 0) is 6.42 Å². The quantitative estimate of drug-likeness (QED) is 0.819. The number of hydrogen-bond donors (Lipinski definition) is 1. The lowest BCUT2D eigenvalue weighted by Gasteiger charge is -2.24. The molecule has 0 aromatic carbocycles. The smallest absolute Gasteiger partial charge is 0.212 e. The predicted molar refractivity (Wildman–Crippen MR) is 78.5 cm³/mol. The van der Waals surface area contributed by atoms with Crippen LogP contribution in [0, 0.1) is 5.92 Å². The fraction of sp³-hybridized carbons (Fsp3) is 0.688. The second-order valence-electron chi connectivity index (χ2n) is 5.52. The summed E-state index contributed by atoms with van der Waals surface area (Å²) in [5.74, 6) is 1.54. The maximum absolute atomic E-state index is 5.11. The molecule has 19 heavy (non-hydrogen) atoms. The molecule has 0 bridgehead atoms. The molecule has 0 saturated heterocycles. The second kappa shape index (κ2) is 7.49. The Bertz CT molecular complexity index is 358. The van der Waals surface area contributed by atoms with E-state index in [0.29, 0.717) is 11.9 Å². The van der Waals surface area contributed by atoms with E-state index >= 15 is 0 Å². The zero-order valence-electron chi connectivity index (χ0n) is 12.2. The second-order valence-corrected chi connectivity index (χ2v) is 5.52. The summed E-state index contributed by atoms with van der Waals surface area (Å²) in [6, 6.07) is 4.71. The van der Waals surface area contributed by atoms with Crippen molar-refractivity contribution < 1.29 is 4.74 Å². The van der Waals surface area contributed by atoms with Gasteiger partial charge >= 0.3 is 0 Å². The van der Waals surface area contributed by atoms with Crippen LogP contribution in [0.3, 0.4) is 0 Å². The van der Waals surface area contributed by atoms with Crippen LogP contribution in [0.25, 0.3) is 0 Å². The fourth-order valence-electron chi connectivity index (χ4n) is 3.00. The van der Waals surface area contributed by atoms with E-state index < -0.39 is 0 Å². The van der Waals surface area contributed by atoms with E-state index in [9.17, 15) is 0 Å². The molecule has 106 valence electrons. The summed E-state index contributed by atoms with van der Waals surface area (Å²) in [5.41, 5.74) is 1.31. The largest absolute Gasteiger partial charge is 0.481 e. The molecular weight excluding hydrogens is 236 g/mol. The van der Waals surface area contributed by atoms with Gasteiger partial charge in [0.1, 0.15) is 0 Å². The molecule has 1 aliphatic rings. The molecule has 1 aliphatic carbocycles. The molecule has 0 amide bonds. The van der Waals surface area contributed by atoms with E-state index in [1.54, 1.807) is 7.11 Å². The van der Waals surface area contributed by atoms with Crippen LogP contribution in [0.5, 0.6) is 5.88 Å². The number of nitrogens with one attached hydrogen (secondary N) is 1. The van der Waals surface area contributed by atoms with Crippen molar-refractivity contribution in [3.05, 3.63) is 23.9 Å². The molecule has 0 radical (unpaired) electrons. The number of nitrogens with zero attached hydrogens (tertiary/aromatic N) is 1. The Morgan fingerprint density at radius 1 is 1.37 bits per heavy atom. The van der Waals surface area contributed by atoms with Gasteiger partial charge in [0, 0.05) is 18.3 Å². The minimum Gasteiger partial charge on any atom is -0.481 e. The van der Waals surface area contributed by atoms with Gasteiger partial charge in [-0.2, -0.15) is 0 Å². The number of methoxy groups -OCH3 is 1. The highest BCUT2D eigenvalue weighted by Gasteiger charge is 2.24. The van der Waals surface area contributed by atoms with E-state index in [1.165, 1.54) is 37.7 Å². The summed E-state index contributed by atoms with van der Waals surface area (Å²) < 4.78 is 5.11. The van der Waals surface area contributed by atoms with Crippen molar-refractivity contribution in [1.29, 1.82) is 0 Å². The van der Waals surface area contributed by atoms with Crippen LogP contribution < -0.4 is 10.1 Å². The summed E-state index contributed by atoms with van der Waals surface area (Å²) in [7, 11) is 1.66. The molecule has 1 aromatic rings. The molecular formula is C16H26N2O. The number of ether oxygens (including phenoxy) is 1. The number of aromatic nitrogens is 1. The van der Waals surface area contributed by atoms with Gasteiger partial charge in [-0.3, -0.25) is 0 Å². The highest BCUT2D eigenvalue weighted by Crippen LogP contribution is 2.29. The Kier molecular flexibility index (Phi) is 5.64. The average Bonchev–Trinajstić information content (AvgIpc) is 2.98. The molecule has 3 heteroatoms. The van der Waals surface area contributed by atoms with E-state index in [0.717, 1.165) is 18.9 Å². The highest BCUT2D eigenvalue weighted by atomic mass is 16.5. The first-order valence-electron chi connectivity index (χ1n) is 7.55. The number of pyridine rings is 1. The monoisotopic (exact) mass is 262 g/mol. The van der Waals surface area contributed by atoms with E-state index in [-0.39, 0.29) is 0 Å². The molecule has 1 aromatic heterocycles. The lowest BCUT2D eigenvalue weighted by Crippen LogP contribution is -2.37. The summed E-state index contributed by atoms with van der Waals surface area (Å²) in [5, 5.41) is 3.73. The summed E-state index contributed by atoms with van der Waals surface area (Å²) in [6.45, 7) is 3.35. The van der Waals surface area contributed by atoms with Crippen LogP contribution in [-0.4, -0.2) is 24.7 Å². The Morgan fingerprint density at radius 2 is 2.16 bits per heavy atom. The third kappa shape index (κ3) is 4.20. The van der Waals surface area contributed by atoms with Gasteiger partial charge in [0.05, 0.1) is 7.11 Å². The van der Waals surface area contributed by atoms with E-state index in [4.69, 9.17) is 4.74 Å². The van der Waals surface area contributed by atoms with Gasteiger partial charge in [-0.05, 0) is 43.7 Å². The summed E-state index contributed by atoms with van der Waals surface area (Å²) >= 11 is 0. The van der Waals surface area contributed by atoms with Crippen molar-refractivity contribution in [3.8, 4) is 5.88 Å². The van der Waals surface area contributed by atoms with Crippen LogP contribution in [0.2, 0.25) is 0 Å². The maximum atomic E-state index is 5.11. The molecule has 0 aliphatic heterocycles.